The molecule has 17 heavy (non-hydrogen) atoms. The summed E-state index contributed by atoms with van der Waals surface area (Å²) in [6.45, 7) is 4.72. The Hall–Kier alpha value is -1.95. The predicted octanol–water partition coefficient (Wildman–Crippen LogP) is 0.684. The monoisotopic (exact) mass is 232 g/mol. The zero-order valence-electron chi connectivity index (χ0n) is 9.80. The summed E-state index contributed by atoms with van der Waals surface area (Å²) in [5, 5.41) is 18.0. The summed E-state index contributed by atoms with van der Waals surface area (Å²) in [6, 6.07) is 9.81. The van der Waals surface area contributed by atoms with E-state index < -0.39 is 0 Å². The van der Waals surface area contributed by atoms with E-state index in [0.717, 1.165) is 25.3 Å². The summed E-state index contributed by atoms with van der Waals surface area (Å²) in [4.78, 5) is 0. The van der Waals surface area contributed by atoms with Gasteiger partial charge < -0.3 is 10.6 Å². The zero-order valence-corrected chi connectivity index (χ0v) is 9.80. The van der Waals surface area contributed by atoms with Gasteiger partial charge in [-0.3, -0.25) is 0 Å². The van der Waals surface area contributed by atoms with Crippen LogP contribution >= 0.6 is 0 Å². The van der Waals surface area contributed by atoms with Crippen LogP contribution in [0.2, 0.25) is 0 Å². The molecule has 0 saturated heterocycles. The van der Waals surface area contributed by atoms with Crippen molar-refractivity contribution in [3.63, 3.8) is 0 Å². The van der Waals surface area contributed by atoms with Gasteiger partial charge in [-0.15, -0.1) is 0 Å². The van der Waals surface area contributed by atoms with Crippen LogP contribution < -0.4 is 10.6 Å². The normalized spacial score (nSPS) is 10.4. The lowest BCUT2D eigenvalue weighted by Crippen LogP contribution is -2.22. The summed E-state index contributed by atoms with van der Waals surface area (Å²) in [5.74, 6) is 0.661. The average Bonchev–Trinajstić information content (AvgIpc) is 2.84. The van der Waals surface area contributed by atoms with Crippen molar-refractivity contribution < 1.29 is 0 Å². The molecule has 0 aliphatic carbocycles. The van der Waals surface area contributed by atoms with Gasteiger partial charge in [0.1, 0.15) is 0 Å². The Kier molecular flexibility index (Phi) is 4.04. The summed E-state index contributed by atoms with van der Waals surface area (Å²) < 4.78 is 1.69. The second-order valence-electron chi connectivity index (χ2n) is 3.53. The second-order valence-corrected chi connectivity index (χ2v) is 3.53. The lowest BCUT2D eigenvalue weighted by molar-refractivity contribution is 0.732. The Labute approximate surface area is 100 Å². The van der Waals surface area contributed by atoms with E-state index >= 15 is 0 Å². The number of hydrogen-bond acceptors (Lipinski definition) is 5. The maximum absolute atomic E-state index is 3.96. The Balaban J connectivity index is 2.02. The molecule has 6 nitrogen and oxygen atoms in total. The highest BCUT2D eigenvalue weighted by Gasteiger charge is 2.05. The highest BCUT2D eigenvalue weighted by Crippen LogP contribution is 2.09. The Morgan fingerprint density at radius 2 is 2.00 bits per heavy atom. The van der Waals surface area contributed by atoms with Crippen molar-refractivity contribution in [1.82, 2.24) is 25.5 Å². The van der Waals surface area contributed by atoms with Gasteiger partial charge in [0.05, 0.1) is 5.69 Å². The third kappa shape index (κ3) is 3.01. The van der Waals surface area contributed by atoms with E-state index in [1.165, 1.54) is 0 Å². The molecule has 0 amide bonds. The van der Waals surface area contributed by atoms with E-state index in [-0.39, 0.29) is 0 Å². The van der Waals surface area contributed by atoms with Crippen molar-refractivity contribution in [2.75, 3.05) is 25.0 Å². The van der Waals surface area contributed by atoms with Gasteiger partial charge in [0.25, 0.3) is 0 Å². The Morgan fingerprint density at radius 1 is 1.18 bits per heavy atom. The Bertz CT molecular complexity index is 438. The highest BCUT2D eigenvalue weighted by atomic mass is 15.6. The van der Waals surface area contributed by atoms with E-state index in [9.17, 15) is 0 Å². The quantitative estimate of drug-likeness (QED) is 0.717. The molecule has 0 radical (unpaired) electrons. The molecule has 0 fully saturated rings. The minimum Gasteiger partial charge on any atom is -0.351 e. The molecular weight excluding hydrogens is 216 g/mol. The van der Waals surface area contributed by atoms with Crippen molar-refractivity contribution in [2.45, 2.75) is 6.92 Å². The third-order valence-corrected chi connectivity index (χ3v) is 2.31. The molecule has 1 aromatic carbocycles. The first-order valence-electron chi connectivity index (χ1n) is 5.70. The van der Waals surface area contributed by atoms with Crippen LogP contribution in [-0.4, -0.2) is 39.8 Å². The van der Waals surface area contributed by atoms with E-state index in [1.807, 2.05) is 30.3 Å². The summed E-state index contributed by atoms with van der Waals surface area (Å²) in [6.07, 6.45) is 0. The number of nitrogens with one attached hydrogen (secondary N) is 2. The molecule has 0 saturated carbocycles. The number of para-hydroxylation sites is 1. The number of likely N-dealkylation sites (N-methyl/N-ethyl adjacent to an activating group) is 1. The Morgan fingerprint density at radius 3 is 2.76 bits per heavy atom. The number of tetrazole rings is 1. The molecule has 2 N–H and O–H groups in total. The summed E-state index contributed by atoms with van der Waals surface area (Å²) in [5.41, 5.74) is 0.948. The van der Waals surface area contributed by atoms with Crippen LogP contribution in [0.5, 0.6) is 0 Å². The molecule has 0 spiro atoms. The van der Waals surface area contributed by atoms with Crippen LogP contribution in [0.15, 0.2) is 30.3 Å². The van der Waals surface area contributed by atoms with Crippen LogP contribution in [0, 0.1) is 0 Å². The fourth-order valence-corrected chi connectivity index (χ4v) is 1.48. The molecule has 2 rings (SSSR count). The molecule has 0 aliphatic rings. The number of benzene rings is 1. The molecule has 2 aromatic rings. The topological polar surface area (TPSA) is 67.7 Å². The van der Waals surface area contributed by atoms with E-state index in [4.69, 9.17) is 0 Å². The number of aromatic nitrogens is 4. The van der Waals surface area contributed by atoms with Crippen LogP contribution in [-0.2, 0) is 0 Å². The van der Waals surface area contributed by atoms with Crippen LogP contribution in [0.1, 0.15) is 6.92 Å². The van der Waals surface area contributed by atoms with Gasteiger partial charge in [-0.1, -0.05) is 30.2 Å². The molecule has 1 heterocycles. The second kappa shape index (κ2) is 5.95. The zero-order chi connectivity index (χ0) is 11.9. The third-order valence-electron chi connectivity index (χ3n) is 2.31. The number of hydrogen-bond donors (Lipinski definition) is 2. The van der Waals surface area contributed by atoms with Gasteiger partial charge >= 0.3 is 0 Å². The lowest BCUT2D eigenvalue weighted by atomic mass is 10.3. The van der Waals surface area contributed by atoms with Crippen molar-refractivity contribution >= 4 is 5.95 Å². The molecule has 6 heteroatoms. The van der Waals surface area contributed by atoms with Crippen LogP contribution in [0.3, 0.4) is 0 Å². The first-order valence-corrected chi connectivity index (χ1v) is 5.70. The van der Waals surface area contributed by atoms with Gasteiger partial charge in [-0.25, -0.2) is 0 Å². The maximum Gasteiger partial charge on any atom is 0.247 e. The van der Waals surface area contributed by atoms with Gasteiger partial charge in [-0.2, -0.15) is 4.68 Å². The SMILES string of the molecule is CCNCCNc1nnnn1-c1ccccc1. The molecule has 1 aromatic heterocycles. The van der Waals surface area contributed by atoms with Gasteiger partial charge in [0, 0.05) is 13.1 Å². The maximum atomic E-state index is 3.96. The van der Waals surface area contributed by atoms with Gasteiger partial charge in [0.15, 0.2) is 0 Å². The predicted molar refractivity (Wildman–Crippen MR) is 66.2 cm³/mol. The highest BCUT2D eigenvalue weighted by molar-refractivity contribution is 5.38. The number of nitrogens with zero attached hydrogens (tertiary/aromatic N) is 4. The van der Waals surface area contributed by atoms with Crippen molar-refractivity contribution in [3.8, 4) is 5.69 Å². The molecule has 0 aliphatic heterocycles. The van der Waals surface area contributed by atoms with Crippen LogP contribution in [0.4, 0.5) is 5.95 Å². The van der Waals surface area contributed by atoms with Crippen molar-refractivity contribution in [3.05, 3.63) is 30.3 Å². The summed E-state index contributed by atoms with van der Waals surface area (Å²) >= 11 is 0. The minimum absolute atomic E-state index is 0.661. The van der Waals surface area contributed by atoms with E-state index in [2.05, 4.69) is 33.1 Å². The number of anilines is 1. The van der Waals surface area contributed by atoms with Crippen molar-refractivity contribution in [2.24, 2.45) is 0 Å². The molecule has 90 valence electrons. The van der Waals surface area contributed by atoms with E-state index in [0.29, 0.717) is 5.95 Å². The van der Waals surface area contributed by atoms with Crippen molar-refractivity contribution in [1.29, 1.82) is 0 Å². The molecular formula is C11H16N6. The lowest BCUT2D eigenvalue weighted by Gasteiger charge is -2.06. The fraction of sp³-hybridized carbons (Fsp3) is 0.364. The summed E-state index contributed by atoms with van der Waals surface area (Å²) in [7, 11) is 0. The van der Waals surface area contributed by atoms with Crippen LogP contribution in [0.25, 0.3) is 5.69 Å². The average molecular weight is 232 g/mol. The molecule has 0 atom stereocenters. The standard InChI is InChI=1S/C11H16N6/c1-2-12-8-9-13-11-14-15-16-17(11)10-6-4-3-5-7-10/h3-7,12H,2,8-9H2,1H3,(H,13,14,16). The van der Waals surface area contributed by atoms with E-state index in [1.54, 1.807) is 4.68 Å². The first-order chi connectivity index (χ1) is 8.42. The fourth-order valence-electron chi connectivity index (χ4n) is 1.48. The minimum atomic E-state index is 0.661. The largest absolute Gasteiger partial charge is 0.351 e. The van der Waals surface area contributed by atoms with Gasteiger partial charge in [-0.05, 0) is 29.1 Å². The smallest absolute Gasteiger partial charge is 0.247 e. The first kappa shape index (κ1) is 11.5. The molecule has 0 unspecified atom stereocenters. The number of rotatable bonds is 6. The van der Waals surface area contributed by atoms with Gasteiger partial charge in [0.2, 0.25) is 5.95 Å². The molecule has 0 bridgehead atoms.